The first-order valence-corrected chi connectivity index (χ1v) is 6.45. The third-order valence-electron chi connectivity index (χ3n) is 2.91. The van der Waals surface area contributed by atoms with E-state index in [1.165, 1.54) is 0 Å². The number of benzene rings is 2. The Hall–Kier alpha value is -2.75. The number of hydrogen-bond donors (Lipinski definition) is 1. The first kappa shape index (κ1) is 14.7. The van der Waals surface area contributed by atoms with Crippen LogP contribution >= 0.6 is 0 Å². The number of carbonyl (C=O) groups is 1. The molecule has 0 heterocycles. The predicted octanol–water partition coefficient (Wildman–Crippen LogP) is 3.37. The van der Waals surface area contributed by atoms with E-state index < -0.39 is 5.97 Å². The molecule has 0 unspecified atom stereocenters. The zero-order valence-corrected chi connectivity index (χ0v) is 11.7. The number of carboxylic acids is 1. The van der Waals surface area contributed by atoms with E-state index >= 15 is 0 Å². The first-order valence-electron chi connectivity index (χ1n) is 6.45. The van der Waals surface area contributed by atoms with Crippen molar-refractivity contribution in [2.45, 2.75) is 6.61 Å². The maximum atomic E-state index is 10.6. The Kier molecular flexibility index (Phi) is 4.99. The second-order valence-electron chi connectivity index (χ2n) is 4.33. The van der Waals surface area contributed by atoms with E-state index in [9.17, 15) is 4.79 Å². The lowest BCUT2D eigenvalue weighted by Gasteiger charge is -2.09. The van der Waals surface area contributed by atoms with Gasteiger partial charge in [-0.2, -0.15) is 0 Å². The zero-order valence-electron chi connectivity index (χ0n) is 11.7. The van der Waals surface area contributed by atoms with Gasteiger partial charge in [0, 0.05) is 6.08 Å². The minimum atomic E-state index is -0.971. The molecule has 2 aromatic rings. The molecule has 1 N–H and O–H groups in total. The molecule has 0 radical (unpaired) electrons. The standard InChI is InChI=1S/C17H16O4/c1-20-15-7-9-16(10-8-15)21-12-14-5-3-2-4-13(14)6-11-17(18)19/h2-11H,12H2,1H3,(H,18,19). The van der Waals surface area contributed by atoms with Crippen LogP contribution in [0, 0.1) is 0 Å². The SMILES string of the molecule is COc1ccc(OCc2ccccc2C=CC(=O)O)cc1. The van der Waals surface area contributed by atoms with Crippen LogP contribution in [0.3, 0.4) is 0 Å². The van der Waals surface area contributed by atoms with Crippen LogP contribution in [0.1, 0.15) is 11.1 Å². The summed E-state index contributed by atoms with van der Waals surface area (Å²) in [5.74, 6) is 0.529. The fourth-order valence-electron chi connectivity index (χ4n) is 1.82. The summed E-state index contributed by atoms with van der Waals surface area (Å²) < 4.78 is 10.8. The highest BCUT2D eigenvalue weighted by atomic mass is 16.5. The highest BCUT2D eigenvalue weighted by molar-refractivity contribution is 5.85. The summed E-state index contributed by atoms with van der Waals surface area (Å²) in [4.78, 5) is 10.6. The van der Waals surface area contributed by atoms with Gasteiger partial charge in [0.2, 0.25) is 0 Å². The van der Waals surface area contributed by atoms with Crippen molar-refractivity contribution in [3.05, 3.63) is 65.7 Å². The molecule has 0 aliphatic rings. The summed E-state index contributed by atoms with van der Waals surface area (Å²) in [6.07, 6.45) is 2.68. The summed E-state index contributed by atoms with van der Waals surface area (Å²) >= 11 is 0. The summed E-state index contributed by atoms with van der Waals surface area (Å²) in [5, 5.41) is 8.69. The van der Waals surface area contributed by atoms with Crippen molar-refractivity contribution in [1.82, 2.24) is 0 Å². The number of ether oxygens (including phenoxy) is 2. The van der Waals surface area contributed by atoms with Gasteiger partial charge in [0.15, 0.2) is 0 Å². The molecule has 0 saturated heterocycles. The number of aliphatic carboxylic acids is 1. The third-order valence-corrected chi connectivity index (χ3v) is 2.91. The minimum absolute atomic E-state index is 0.368. The summed E-state index contributed by atoms with van der Waals surface area (Å²) in [7, 11) is 1.61. The Morgan fingerprint density at radius 3 is 2.43 bits per heavy atom. The molecule has 0 saturated carbocycles. The van der Waals surface area contributed by atoms with E-state index in [1.807, 2.05) is 48.5 Å². The predicted molar refractivity (Wildman–Crippen MR) is 80.4 cm³/mol. The lowest BCUT2D eigenvalue weighted by molar-refractivity contribution is -0.131. The molecule has 0 fully saturated rings. The normalized spacial score (nSPS) is 10.5. The van der Waals surface area contributed by atoms with Crippen LogP contribution in [-0.4, -0.2) is 18.2 Å². The second kappa shape index (κ2) is 7.14. The fourth-order valence-corrected chi connectivity index (χ4v) is 1.82. The van der Waals surface area contributed by atoms with Gasteiger partial charge in [0.1, 0.15) is 18.1 Å². The van der Waals surface area contributed by atoms with Crippen molar-refractivity contribution in [2.75, 3.05) is 7.11 Å². The van der Waals surface area contributed by atoms with Gasteiger partial charge < -0.3 is 14.6 Å². The molecule has 21 heavy (non-hydrogen) atoms. The quantitative estimate of drug-likeness (QED) is 0.826. The van der Waals surface area contributed by atoms with Crippen molar-refractivity contribution in [1.29, 1.82) is 0 Å². The first-order chi connectivity index (χ1) is 10.2. The van der Waals surface area contributed by atoms with Gasteiger partial charge in [0.25, 0.3) is 0 Å². The fraction of sp³-hybridized carbons (Fsp3) is 0.118. The van der Waals surface area contributed by atoms with Crippen LogP contribution in [0.4, 0.5) is 0 Å². The molecule has 4 heteroatoms. The van der Waals surface area contributed by atoms with Gasteiger partial charge in [-0.25, -0.2) is 4.79 Å². The number of rotatable bonds is 6. The Morgan fingerprint density at radius 1 is 1.10 bits per heavy atom. The van der Waals surface area contributed by atoms with Crippen LogP contribution in [-0.2, 0) is 11.4 Å². The van der Waals surface area contributed by atoms with Crippen molar-refractivity contribution in [2.24, 2.45) is 0 Å². The van der Waals surface area contributed by atoms with Crippen LogP contribution in [0.5, 0.6) is 11.5 Å². The maximum absolute atomic E-state index is 10.6. The Bertz CT molecular complexity index is 629. The van der Waals surface area contributed by atoms with E-state index in [0.717, 1.165) is 28.7 Å². The largest absolute Gasteiger partial charge is 0.497 e. The molecule has 2 rings (SSSR count). The smallest absolute Gasteiger partial charge is 0.328 e. The van der Waals surface area contributed by atoms with Crippen molar-refractivity contribution in [3.63, 3.8) is 0 Å². The lowest BCUT2D eigenvalue weighted by Crippen LogP contribution is -1.98. The van der Waals surface area contributed by atoms with Crippen LogP contribution in [0.15, 0.2) is 54.6 Å². The Balaban J connectivity index is 2.07. The topological polar surface area (TPSA) is 55.8 Å². The van der Waals surface area contributed by atoms with Crippen molar-refractivity contribution < 1.29 is 19.4 Å². The van der Waals surface area contributed by atoms with E-state index in [2.05, 4.69) is 0 Å². The van der Waals surface area contributed by atoms with Crippen molar-refractivity contribution in [3.8, 4) is 11.5 Å². The van der Waals surface area contributed by atoms with E-state index in [4.69, 9.17) is 14.6 Å². The monoisotopic (exact) mass is 284 g/mol. The number of hydrogen-bond acceptors (Lipinski definition) is 3. The van der Waals surface area contributed by atoms with Gasteiger partial charge in [-0.1, -0.05) is 24.3 Å². The second-order valence-corrected chi connectivity index (χ2v) is 4.33. The van der Waals surface area contributed by atoms with Gasteiger partial charge in [0.05, 0.1) is 7.11 Å². The molecule has 0 atom stereocenters. The van der Waals surface area contributed by atoms with Crippen molar-refractivity contribution >= 4 is 12.0 Å². The van der Waals surface area contributed by atoms with Crippen LogP contribution in [0.25, 0.3) is 6.08 Å². The maximum Gasteiger partial charge on any atom is 0.328 e. The number of carboxylic acid groups (broad SMARTS) is 1. The van der Waals surface area contributed by atoms with Gasteiger partial charge in [-0.05, 0) is 41.5 Å². The molecule has 0 amide bonds. The highest BCUT2D eigenvalue weighted by Gasteiger charge is 2.01. The third kappa shape index (κ3) is 4.38. The Labute approximate surface area is 123 Å². The molecule has 0 aromatic heterocycles. The minimum Gasteiger partial charge on any atom is -0.497 e. The molecule has 0 aliphatic heterocycles. The molecule has 4 nitrogen and oxygen atoms in total. The highest BCUT2D eigenvalue weighted by Crippen LogP contribution is 2.19. The summed E-state index contributed by atoms with van der Waals surface area (Å²) in [6, 6.07) is 14.8. The van der Waals surface area contributed by atoms with E-state index in [0.29, 0.717) is 6.61 Å². The van der Waals surface area contributed by atoms with Gasteiger partial charge >= 0.3 is 5.97 Å². The summed E-state index contributed by atoms with van der Waals surface area (Å²) in [6.45, 7) is 0.368. The average molecular weight is 284 g/mol. The van der Waals surface area contributed by atoms with Gasteiger partial charge in [-0.15, -0.1) is 0 Å². The lowest BCUT2D eigenvalue weighted by atomic mass is 10.1. The Morgan fingerprint density at radius 2 is 1.76 bits per heavy atom. The molecule has 2 aromatic carbocycles. The molecule has 0 bridgehead atoms. The molecule has 0 aliphatic carbocycles. The van der Waals surface area contributed by atoms with E-state index in [-0.39, 0.29) is 0 Å². The molecular formula is C17H16O4. The number of methoxy groups -OCH3 is 1. The van der Waals surface area contributed by atoms with Gasteiger partial charge in [-0.3, -0.25) is 0 Å². The van der Waals surface area contributed by atoms with Crippen LogP contribution < -0.4 is 9.47 Å². The van der Waals surface area contributed by atoms with Crippen LogP contribution in [0.2, 0.25) is 0 Å². The average Bonchev–Trinajstić information content (AvgIpc) is 2.52. The molecule has 0 spiro atoms. The molecular weight excluding hydrogens is 268 g/mol. The summed E-state index contributed by atoms with van der Waals surface area (Å²) in [5.41, 5.74) is 1.75. The zero-order chi connectivity index (χ0) is 15.1. The van der Waals surface area contributed by atoms with E-state index in [1.54, 1.807) is 13.2 Å². The molecule has 108 valence electrons.